The Hall–Kier alpha value is -1.10. The molecule has 0 aromatic heterocycles. The highest BCUT2D eigenvalue weighted by atomic mass is 79.9. The van der Waals surface area contributed by atoms with E-state index in [0.29, 0.717) is 11.6 Å². The summed E-state index contributed by atoms with van der Waals surface area (Å²) in [6, 6.07) is 10.7. The van der Waals surface area contributed by atoms with Crippen LogP contribution in [0.5, 0.6) is 5.75 Å². The van der Waals surface area contributed by atoms with Gasteiger partial charge in [-0.3, -0.25) is 0 Å². The third kappa shape index (κ3) is 4.19. The van der Waals surface area contributed by atoms with E-state index in [1.807, 2.05) is 31.2 Å². The lowest BCUT2D eigenvalue weighted by atomic mass is 10.1. The van der Waals surface area contributed by atoms with E-state index in [1.165, 1.54) is 13.2 Å². The molecule has 112 valence electrons. The average Bonchev–Trinajstić information content (AvgIpc) is 2.47. The van der Waals surface area contributed by atoms with Crippen LogP contribution >= 0.6 is 27.5 Å². The van der Waals surface area contributed by atoms with Crippen molar-refractivity contribution in [3.63, 3.8) is 0 Å². The minimum Gasteiger partial charge on any atom is -0.494 e. The molecule has 1 N–H and O–H groups in total. The minimum atomic E-state index is -0.357. The lowest BCUT2D eigenvalue weighted by molar-refractivity contribution is 0.385. The predicted molar refractivity (Wildman–Crippen MR) is 87.4 cm³/mol. The van der Waals surface area contributed by atoms with Gasteiger partial charge in [0, 0.05) is 22.1 Å². The van der Waals surface area contributed by atoms with Gasteiger partial charge in [0.1, 0.15) is 0 Å². The van der Waals surface area contributed by atoms with Crippen molar-refractivity contribution in [2.24, 2.45) is 0 Å². The van der Waals surface area contributed by atoms with E-state index in [0.717, 1.165) is 15.6 Å². The molecular weight excluding hydrogens is 357 g/mol. The topological polar surface area (TPSA) is 21.3 Å². The predicted octanol–water partition coefficient (Wildman–Crippen LogP) is 5.10. The van der Waals surface area contributed by atoms with Crippen molar-refractivity contribution in [1.29, 1.82) is 0 Å². The zero-order valence-electron chi connectivity index (χ0n) is 11.8. The Morgan fingerprint density at radius 2 is 2.05 bits per heavy atom. The van der Waals surface area contributed by atoms with Crippen LogP contribution in [0.2, 0.25) is 5.02 Å². The summed E-state index contributed by atoms with van der Waals surface area (Å²) in [5.41, 5.74) is 1.85. The normalized spacial score (nSPS) is 12.2. The number of benzene rings is 2. The summed E-state index contributed by atoms with van der Waals surface area (Å²) in [6.45, 7) is 2.58. The monoisotopic (exact) mass is 371 g/mol. The minimum absolute atomic E-state index is 0.000421. The summed E-state index contributed by atoms with van der Waals surface area (Å²) in [5, 5.41) is 4.04. The fraction of sp³-hybridized carbons (Fsp3) is 0.250. The van der Waals surface area contributed by atoms with E-state index in [9.17, 15) is 4.39 Å². The summed E-state index contributed by atoms with van der Waals surface area (Å²) < 4.78 is 19.6. The molecule has 0 saturated heterocycles. The van der Waals surface area contributed by atoms with E-state index < -0.39 is 0 Å². The number of nitrogens with one attached hydrogen (secondary N) is 1. The Bertz CT molecular complexity index is 636. The summed E-state index contributed by atoms with van der Waals surface area (Å²) >= 11 is 9.58. The molecule has 0 fully saturated rings. The number of hydrogen-bond acceptors (Lipinski definition) is 2. The van der Waals surface area contributed by atoms with Gasteiger partial charge in [-0.15, -0.1) is 0 Å². The van der Waals surface area contributed by atoms with Crippen LogP contribution < -0.4 is 10.1 Å². The molecule has 2 rings (SSSR count). The molecule has 2 nitrogen and oxygen atoms in total. The molecule has 1 unspecified atom stereocenters. The maximum Gasteiger partial charge on any atom is 0.165 e. The van der Waals surface area contributed by atoms with Crippen LogP contribution in [0.4, 0.5) is 4.39 Å². The summed E-state index contributed by atoms with van der Waals surface area (Å²) in [5.74, 6) is -0.106. The van der Waals surface area contributed by atoms with Gasteiger partial charge in [-0.2, -0.15) is 0 Å². The van der Waals surface area contributed by atoms with Crippen LogP contribution in [0.3, 0.4) is 0 Å². The lowest BCUT2D eigenvalue weighted by Gasteiger charge is -2.16. The number of hydrogen-bond donors (Lipinski definition) is 1. The van der Waals surface area contributed by atoms with E-state index in [4.69, 9.17) is 16.3 Å². The Morgan fingerprint density at radius 1 is 1.29 bits per heavy atom. The quantitative estimate of drug-likeness (QED) is 0.788. The fourth-order valence-electron chi connectivity index (χ4n) is 2.01. The van der Waals surface area contributed by atoms with Crippen LogP contribution in [0.15, 0.2) is 40.9 Å². The van der Waals surface area contributed by atoms with Crippen molar-refractivity contribution in [2.45, 2.75) is 19.5 Å². The second kappa shape index (κ2) is 7.25. The average molecular weight is 373 g/mol. The molecule has 0 bridgehead atoms. The van der Waals surface area contributed by atoms with Crippen LogP contribution in [0.1, 0.15) is 24.1 Å². The van der Waals surface area contributed by atoms with Crippen molar-refractivity contribution in [3.8, 4) is 5.75 Å². The van der Waals surface area contributed by atoms with Crippen molar-refractivity contribution in [1.82, 2.24) is 5.32 Å². The highest BCUT2D eigenvalue weighted by Gasteiger charge is 2.10. The summed E-state index contributed by atoms with van der Waals surface area (Å²) in [6.07, 6.45) is 0. The largest absolute Gasteiger partial charge is 0.494 e. The first-order chi connectivity index (χ1) is 10.0. The van der Waals surface area contributed by atoms with Crippen LogP contribution in [0, 0.1) is 5.82 Å². The van der Waals surface area contributed by atoms with Gasteiger partial charge in [0.2, 0.25) is 0 Å². The van der Waals surface area contributed by atoms with Gasteiger partial charge < -0.3 is 10.1 Å². The molecule has 0 aliphatic heterocycles. The Morgan fingerprint density at radius 3 is 2.71 bits per heavy atom. The molecular formula is C16H16BrClFNO. The van der Waals surface area contributed by atoms with Gasteiger partial charge in [-0.25, -0.2) is 4.39 Å². The van der Waals surface area contributed by atoms with Crippen molar-refractivity contribution in [2.75, 3.05) is 7.11 Å². The second-order valence-corrected chi connectivity index (χ2v) is 6.06. The van der Waals surface area contributed by atoms with E-state index >= 15 is 0 Å². The number of halogens is 3. The third-order valence-corrected chi connectivity index (χ3v) is 4.14. The van der Waals surface area contributed by atoms with Crippen molar-refractivity contribution in [3.05, 3.63) is 62.8 Å². The standard InChI is InChI=1S/C16H16BrClFNO/c1-10(11-3-6-16(21-2)15(19)8-11)20-9-12-7-13(17)4-5-14(12)18/h3-8,10,20H,9H2,1-2H3. The molecule has 5 heteroatoms. The van der Waals surface area contributed by atoms with Gasteiger partial charge in [0.25, 0.3) is 0 Å². The molecule has 2 aromatic rings. The van der Waals surface area contributed by atoms with Crippen molar-refractivity contribution < 1.29 is 9.13 Å². The van der Waals surface area contributed by atoms with Gasteiger partial charge >= 0.3 is 0 Å². The zero-order chi connectivity index (χ0) is 15.4. The molecule has 0 aliphatic carbocycles. The van der Waals surface area contributed by atoms with Gasteiger partial charge in [0.05, 0.1) is 7.11 Å². The summed E-state index contributed by atoms with van der Waals surface area (Å²) in [4.78, 5) is 0. The highest BCUT2D eigenvalue weighted by Crippen LogP contribution is 2.24. The Kier molecular flexibility index (Phi) is 5.62. The number of rotatable bonds is 5. The molecule has 0 amide bonds. The Balaban J connectivity index is 2.06. The molecule has 21 heavy (non-hydrogen) atoms. The van der Waals surface area contributed by atoms with Crippen LogP contribution in [-0.4, -0.2) is 7.11 Å². The first-order valence-corrected chi connectivity index (χ1v) is 7.69. The molecule has 0 heterocycles. The first-order valence-electron chi connectivity index (χ1n) is 6.52. The van der Waals surface area contributed by atoms with E-state index in [-0.39, 0.29) is 17.6 Å². The smallest absolute Gasteiger partial charge is 0.165 e. The van der Waals surface area contributed by atoms with E-state index in [2.05, 4.69) is 21.2 Å². The van der Waals surface area contributed by atoms with Gasteiger partial charge in [-0.05, 0) is 48.4 Å². The molecule has 0 radical (unpaired) electrons. The van der Waals surface area contributed by atoms with E-state index in [1.54, 1.807) is 6.07 Å². The zero-order valence-corrected chi connectivity index (χ0v) is 14.1. The number of ether oxygens (including phenoxy) is 1. The van der Waals surface area contributed by atoms with Gasteiger partial charge in [0.15, 0.2) is 11.6 Å². The molecule has 0 spiro atoms. The first kappa shape index (κ1) is 16.3. The molecule has 1 atom stereocenters. The van der Waals surface area contributed by atoms with Crippen LogP contribution in [0.25, 0.3) is 0 Å². The van der Waals surface area contributed by atoms with Crippen LogP contribution in [-0.2, 0) is 6.54 Å². The maximum atomic E-state index is 13.7. The molecule has 0 aliphatic rings. The SMILES string of the molecule is COc1ccc(C(C)NCc2cc(Br)ccc2Cl)cc1F. The number of methoxy groups -OCH3 is 1. The Labute approximate surface area is 137 Å². The lowest BCUT2D eigenvalue weighted by Crippen LogP contribution is -2.18. The van der Waals surface area contributed by atoms with Gasteiger partial charge in [-0.1, -0.05) is 33.6 Å². The van der Waals surface area contributed by atoms with Crippen molar-refractivity contribution >= 4 is 27.5 Å². The third-order valence-electron chi connectivity index (χ3n) is 3.28. The highest BCUT2D eigenvalue weighted by molar-refractivity contribution is 9.10. The molecule has 0 saturated carbocycles. The summed E-state index contributed by atoms with van der Waals surface area (Å²) in [7, 11) is 1.45. The molecule has 2 aromatic carbocycles. The maximum absolute atomic E-state index is 13.7. The fourth-order valence-corrected chi connectivity index (χ4v) is 2.60. The second-order valence-electron chi connectivity index (χ2n) is 4.73.